The van der Waals surface area contributed by atoms with Crippen LogP contribution in [0.4, 0.5) is 5.69 Å². The van der Waals surface area contributed by atoms with Gasteiger partial charge in [0.15, 0.2) is 0 Å². The fourth-order valence-electron chi connectivity index (χ4n) is 2.14. The number of hydrogen-bond acceptors (Lipinski definition) is 3. The Hall–Kier alpha value is -1.61. The van der Waals surface area contributed by atoms with E-state index in [2.05, 4.69) is 47.8 Å². The van der Waals surface area contributed by atoms with Crippen molar-refractivity contribution < 1.29 is 4.74 Å². The van der Waals surface area contributed by atoms with Gasteiger partial charge in [0.05, 0.1) is 18.8 Å². The average Bonchev–Trinajstić information content (AvgIpc) is 2.47. The summed E-state index contributed by atoms with van der Waals surface area (Å²) in [6, 6.07) is 17.1. The molecule has 18 heavy (non-hydrogen) atoms. The van der Waals surface area contributed by atoms with E-state index in [-0.39, 0.29) is 0 Å². The summed E-state index contributed by atoms with van der Waals surface area (Å²) in [4.78, 5) is 1.29. The molecule has 0 fully saturated rings. The van der Waals surface area contributed by atoms with E-state index in [9.17, 15) is 0 Å². The number of benzene rings is 2. The van der Waals surface area contributed by atoms with Gasteiger partial charge in [0, 0.05) is 16.7 Å². The van der Waals surface area contributed by atoms with Crippen LogP contribution in [-0.2, 0) is 0 Å². The highest BCUT2D eigenvalue weighted by Crippen LogP contribution is 2.39. The Kier molecular flexibility index (Phi) is 3.15. The van der Waals surface area contributed by atoms with E-state index in [1.807, 2.05) is 17.8 Å². The lowest BCUT2D eigenvalue weighted by atomic mass is 10.1. The Bertz CT molecular complexity index is 541. The highest BCUT2D eigenvalue weighted by Gasteiger charge is 2.19. The van der Waals surface area contributed by atoms with E-state index in [1.165, 1.54) is 16.1 Å². The molecule has 1 aliphatic rings. The highest BCUT2D eigenvalue weighted by molar-refractivity contribution is 7.99. The molecule has 3 rings (SSSR count). The smallest absolute Gasteiger partial charge is 0.121 e. The first kappa shape index (κ1) is 11.5. The lowest BCUT2D eigenvalue weighted by Crippen LogP contribution is -2.17. The third-order valence-electron chi connectivity index (χ3n) is 3.12. The minimum Gasteiger partial charge on any atom is -0.497 e. The standard InChI is InChI=1S/C15H15NOS/c1-17-12-7-8-15-13(9-12)16-14(10-18-15)11-5-3-2-4-6-11/h2-9,14,16H,10H2,1H3. The summed E-state index contributed by atoms with van der Waals surface area (Å²) in [7, 11) is 1.70. The molecule has 0 saturated carbocycles. The van der Waals surface area contributed by atoms with Gasteiger partial charge in [-0.2, -0.15) is 0 Å². The number of rotatable bonds is 2. The molecule has 0 aliphatic carbocycles. The Morgan fingerprint density at radius 2 is 2.00 bits per heavy atom. The molecule has 1 aliphatic heterocycles. The molecule has 0 aromatic heterocycles. The van der Waals surface area contributed by atoms with Crippen LogP contribution in [0.3, 0.4) is 0 Å². The van der Waals surface area contributed by atoms with Gasteiger partial charge in [-0.15, -0.1) is 11.8 Å². The maximum atomic E-state index is 5.27. The van der Waals surface area contributed by atoms with E-state index in [0.717, 1.165) is 11.5 Å². The maximum Gasteiger partial charge on any atom is 0.121 e. The number of ether oxygens (including phenoxy) is 1. The average molecular weight is 257 g/mol. The molecule has 3 heteroatoms. The van der Waals surface area contributed by atoms with Crippen LogP contribution in [0.1, 0.15) is 11.6 Å². The molecule has 2 nitrogen and oxygen atoms in total. The second-order valence-corrected chi connectivity index (χ2v) is 5.34. The number of hydrogen-bond donors (Lipinski definition) is 1. The minimum atomic E-state index is 0.371. The summed E-state index contributed by atoms with van der Waals surface area (Å²) < 4.78 is 5.27. The van der Waals surface area contributed by atoms with Crippen molar-refractivity contribution in [3.8, 4) is 5.75 Å². The van der Waals surface area contributed by atoms with Crippen LogP contribution < -0.4 is 10.1 Å². The van der Waals surface area contributed by atoms with Crippen LogP contribution in [0.15, 0.2) is 53.4 Å². The van der Waals surface area contributed by atoms with Gasteiger partial charge in [-0.1, -0.05) is 30.3 Å². The normalized spacial score (nSPS) is 17.7. The van der Waals surface area contributed by atoms with E-state index < -0.39 is 0 Å². The number of thioether (sulfide) groups is 1. The van der Waals surface area contributed by atoms with Crippen molar-refractivity contribution in [1.29, 1.82) is 0 Å². The van der Waals surface area contributed by atoms with Crippen molar-refractivity contribution in [1.82, 2.24) is 0 Å². The predicted octanol–water partition coefficient (Wildman–Crippen LogP) is 3.95. The van der Waals surface area contributed by atoms with Gasteiger partial charge in [0.1, 0.15) is 5.75 Å². The Labute approximate surface area is 111 Å². The molecule has 92 valence electrons. The summed E-state index contributed by atoms with van der Waals surface area (Å²) in [5.41, 5.74) is 2.50. The molecule has 2 aromatic carbocycles. The highest BCUT2D eigenvalue weighted by atomic mass is 32.2. The Morgan fingerprint density at radius 3 is 2.78 bits per heavy atom. The topological polar surface area (TPSA) is 21.3 Å². The van der Waals surface area contributed by atoms with Gasteiger partial charge in [-0.05, 0) is 17.7 Å². The van der Waals surface area contributed by atoms with Gasteiger partial charge >= 0.3 is 0 Å². The van der Waals surface area contributed by atoms with Crippen LogP contribution in [0.25, 0.3) is 0 Å². The van der Waals surface area contributed by atoms with Crippen molar-refractivity contribution in [2.75, 3.05) is 18.2 Å². The first-order valence-corrected chi connectivity index (χ1v) is 6.98. The molecule has 2 aromatic rings. The van der Waals surface area contributed by atoms with Crippen LogP contribution >= 0.6 is 11.8 Å². The second kappa shape index (κ2) is 4.94. The quantitative estimate of drug-likeness (QED) is 0.880. The van der Waals surface area contributed by atoms with Gasteiger partial charge in [-0.3, -0.25) is 0 Å². The van der Waals surface area contributed by atoms with Crippen LogP contribution in [0, 0.1) is 0 Å². The summed E-state index contributed by atoms with van der Waals surface area (Å²) in [6.45, 7) is 0. The molecule has 0 spiro atoms. The predicted molar refractivity (Wildman–Crippen MR) is 76.5 cm³/mol. The minimum absolute atomic E-state index is 0.371. The molecule has 1 N–H and O–H groups in total. The van der Waals surface area contributed by atoms with E-state index in [1.54, 1.807) is 7.11 Å². The summed E-state index contributed by atoms with van der Waals surface area (Å²) in [5.74, 6) is 1.96. The number of methoxy groups -OCH3 is 1. The van der Waals surface area contributed by atoms with Crippen molar-refractivity contribution in [3.63, 3.8) is 0 Å². The molecule has 1 atom stereocenters. The molecule has 0 amide bonds. The zero-order chi connectivity index (χ0) is 12.4. The van der Waals surface area contributed by atoms with E-state index in [0.29, 0.717) is 6.04 Å². The fourth-order valence-corrected chi connectivity index (χ4v) is 3.20. The third kappa shape index (κ3) is 2.18. The van der Waals surface area contributed by atoms with Crippen molar-refractivity contribution in [3.05, 3.63) is 54.1 Å². The molecule has 1 heterocycles. The van der Waals surface area contributed by atoms with Gasteiger partial charge in [-0.25, -0.2) is 0 Å². The van der Waals surface area contributed by atoms with E-state index >= 15 is 0 Å². The first-order valence-electron chi connectivity index (χ1n) is 5.99. The molecule has 0 bridgehead atoms. The summed E-state index contributed by atoms with van der Waals surface area (Å²) in [6.07, 6.45) is 0. The summed E-state index contributed by atoms with van der Waals surface area (Å²) in [5, 5.41) is 3.59. The van der Waals surface area contributed by atoms with Crippen molar-refractivity contribution in [2.45, 2.75) is 10.9 Å². The monoisotopic (exact) mass is 257 g/mol. The number of nitrogens with one attached hydrogen (secondary N) is 1. The number of fused-ring (bicyclic) bond motifs is 1. The zero-order valence-corrected chi connectivity index (χ0v) is 11.0. The largest absolute Gasteiger partial charge is 0.497 e. The van der Waals surface area contributed by atoms with Crippen LogP contribution in [0.5, 0.6) is 5.75 Å². The lowest BCUT2D eigenvalue weighted by molar-refractivity contribution is 0.414. The SMILES string of the molecule is COc1ccc2c(c1)NC(c1ccccc1)CS2. The van der Waals surface area contributed by atoms with Crippen LogP contribution in [0.2, 0.25) is 0 Å². The van der Waals surface area contributed by atoms with Gasteiger partial charge in [0.2, 0.25) is 0 Å². The van der Waals surface area contributed by atoms with E-state index in [4.69, 9.17) is 4.74 Å². The maximum absolute atomic E-state index is 5.27. The zero-order valence-electron chi connectivity index (χ0n) is 10.2. The Morgan fingerprint density at radius 1 is 1.17 bits per heavy atom. The number of anilines is 1. The molecular weight excluding hydrogens is 242 g/mol. The second-order valence-electron chi connectivity index (χ2n) is 4.28. The van der Waals surface area contributed by atoms with Crippen molar-refractivity contribution >= 4 is 17.4 Å². The summed E-state index contributed by atoms with van der Waals surface area (Å²) >= 11 is 1.89. The Balaban J connectivity index is 1.88. The van der Waals surface area contributed by atoms with Gasteiger partial charge in [0.25, 0.3) is 0 Å². The molecule has 1 unspecified atom stereocenters. The molecule has 0 saturated heterocycles. The molecular formula is C15H15NOS. The molecule has 0 radical (unpaired) electrons. The fraction of sp³-hybridized carbons (Fsp3) is 0.200. The van der Waals surface area contributed by atoms with Crippen LogP contribution in [-0.4, -0.2) is 12.9 Å². The lowest BCUT2D eigenvalue weighted by Gasteiger charge is -2.27. The van der Waals surface area contributed by atoms with Crippen molar-refractivity contribution in [2.24, 2.45) is 0 Å². The first-order chi connectivity index (χ1) is 8.86. The van der Waals surface area contributed by atoms with Gasteiger partial charge < -0.3 is 10.1 Å². The third-order valence-corrected chi connectivity index (χ3v) is 4.29.